The first-order valence-electron chi connectivity index (χ1n) is 13.0. The van der Waals surface area contributed by atoms with E-state index in [0.29, 0.717) is 0 Å². The Kier molecular flexibility index (Phi) is 9.59. The molecule has 0 aromatic carbocycles. The number of ether oxygens (including phenoxy) is 4. The third-order valence-corrected chi connectivity index (χ3v) is 5.99. The van der Waals surface area contributed by atoms with Gasteiger partial charge in [-0.25, -0.2) is 15.0 Å². The monoisotopic (exact) mass is 547 g/mol. The van der Waals surface area contributed by atoms with Crippen LogP contribution in [0.15, 0.2) is 12.7 Å². The van der Waals surface area contributed by atoms with Crippen molar-refractivity contribution in [3.8, 4) is 0 Å². The fraction of sp³-hybridized carbons (Fsp3) is 0.654. The standard InChI is InChI=1S/C26H37N5O8/c1-12(2)22(32)30-20-17-21(28-10-27-20)31(11-29-17)23-19(39-26(35)15(7)8)18(38-25(34)14(5)6)16(37-23)9-36-24(33)13(3)4/h10-16,18-19,23H,9H2,1-8H3,(H,27,28,30,32)/t16-,18-,19-,23-/m1/s1. The molecule has 13 nitrogen and oxygen atoms in total. The van der Waals surface area contributed by atoms with Gasteiger partial charge in [-0.2, -0.15) is 0 Å². The average Bonchev–Trinajstić information content (AvgIpc) is 3.44. The predicted octanol–water partition coefficient (Wildman–Crippen LogP) is 2.65. The zero-order valence-corrected chi connectivity index (χ0v) is 23.5. The highest BCUT2D eigenvalue weighted by Gasteiger charge is 2.52. The SMILES string of the molecule is CC(C)C(=O)Nc1ncnc2c1ncn2[C@@H]1O[C@H](COC(=O)C(C)C)[C@@H](OC(=O)C(C)C)[C@H]1OC(=O)C(C)C. The van der Waals surface area contributed by atoms with Crippen molar-refractivity contribution in [2.45, 2.75) is 79.9 Å². The first-order valence-corrected chi connectivity index (χ1v) is 13.0. The Morgan fingerprint density at radius 2 is 1.44 bits per heavy atom. The lowest BCUT2D eigenvalue weighted by Gasteiger charge is -2.26. The lowest BCUT2D eigenvalue weighted by atomic mass is 10.1. The van der Waals surface area contributed by atoms with Crippen molar-refractivity contribution in [1.82, 2.24) is 19.5 Å². The van der Waals surface area contributed by atoms with Gasteiger partial charge in [0.2, 0.25) is 5.91 Å². The third-order valence-electron chi connectivity index (χ3n) is 5.99. The molecule has 1 N–H and O–H groups in total. The Morgan fingerprint density at radius 1 is 0.846 bits per heavy atom. The number of anilines is 1. The number of hydrogen-bond acceptors (Lipinski definition) is 11. The molecule has 1 aliphatic heterocycles. The summed E-state index contributed by atoms with van der Waals surface area (Å²) in [4.78, 5) is 62.7. The molecule has 1 saturated heterocycles. The van der Waals surface area contributed by atoms with E-state index in [9.17, 15) is 19.2 Å². The summed E-state index contributed by atoms with van der Waals surface area (Å²) >= 11 is 0. The number of fused-ring (bicyclic) bond motifs is 1. The Labute approximate surface area is 226 Å². The molecule has 13 heteroatoms. The van der Waals surface area contributed by atoms with Crippen LogP contribution >= 0.6 is 0 Å². The first-order chi connectivity index (χ1) is 18.3. The molecule has 1 fully saturated rings. The van der Waals surface area contributed by atoms with Gasteiger partial charge < -0.3 is 24.3 Å². The van der Waals surface area contributed by atoms with Gasteiger partial charge in [-0.1, -0.05) is 55.4 Å². The number of rotatable bonds is 10. The molecule has 2 aromatic rings. The number of esters is 3. The van der Waals surface area contributed by atoms with E-state index in [1.165, 1.54) is 17.2 Å². The second-order valence-corrected chi connectivity index (χ2v) is 10.7. The Hall–Kier alpha value is -3.61. The molecule has 0 saturated carbocycles. The fourth-order valence-electron chi connectivity index (χ4n) is 3.60. The topological polar surface area (TPSA) is 161 Å². The van der Waals surface area contributed by atoms with E-state index < -0.39 is 54.3 Å². The number of aromatic nitrogens is 4. The van der Waals surface area contributed by atoms with Crippen molar-refractivity contribution in [2.24, 2.45) is 23.7 Å². The Morgan fingerprint density at radius 3 is 2.00 bits per heavy atom. The molecule has 3 heterocycles. The summed E-state index contributed by atoms with van der Waals surface area (Å²) in [6, 6.07) is 0. The van der Waals surface area contributed by atoms with Gasteiger partial charge in [0.1, 0.15) is 19.0 Å². The average molecular weight is 548 g/mol. The van der Waals surface area contributed by atoms with Gasteiger partial charge in [0, 0.05) is 5.92 Å². The van der Waals surface area contributed by atoms with Crippen LogP contribution in [0, 0.1) is 23.7 Å². The van der Waals surface area contributed by atoms with Crippen LogP contribution < -0.4 is 5.32 Å². The minimum atomic E-state index is -1.12. The number of nitrogens with zero attached hydrogens (tertiary/aromatic N) is 4. The number of hydrogen-bond donors (Lipinski definition) is 1. The molecule has 3 rings (SSSR count). The number of amides is 1. The summed E-state index contributed by atoms with van der Waals surface area (Å²) < 4.78 is 24.7. The zero-order chi connectivity index (χ0) is 29.0. The molecule has 0 radical (unpaired) electrons. The molecule has 2 aromatic heterocycles. The zero-order valence-electron chi connectivity index (χ0n) is 23.5. The number of carbonyl (C=O) groups is 4. The quantitative estimate of drug-likeness (QED) is 0.344. The maximum Gasteiger partial charge on any atom is 0.308 e. The van der Waals surface area contributed by atoms with Crippen molar-refractivity contribution >= 4 is 40.8 Å². The van der Waals surface area contributed by atoms with Crippen molar-refractivity contribution in [2.75, 3.05) is 11.9 Å². The van der Waals surface area contributed by atoms with Crippen LogP contribution in [0.25, 0.3) is 11.2 Å². The van der Waals surface area contributed by atoms with Crippen LogP contribution in [0.4, 0.5) is 5.82 Å². The third kappa shape index (κ3) is 6.88. The lowest BCUT2D eigenvalue weighted by molar-refractivity contribution is -0.173. The van der Waals surface area contributed by atoms with Gasteiger partial charge in [0.15, 0.2) is 35.4 Å². The van der Waals surface area contributed by atoms with Crippen LogP contribution in [0.1, 0.15) is 61.6 Å². The van der Waals surface area contributed by atoms with Crippen LogP contribution in [-0.4, -0.2) is 68.3 Å². The number of carbonyl (C=O) groups excluding carboxylic acids is 4. The molecule has 1 aliphatic rings. The maximum atomic E-state index is 12.7. The maximum absolute atomic E-state index is 12.7. The van der Waals surface area contributed by atoms with Gasteiger partial charge in [-0.15, -0.1) is 0 Å². The molecule has 1 amide bonds. The highest BCUT2D eigenvalue weighted by molar-refractivity contribution is 5.97. The second-order valence-electron chi connectivity index (χ2n) is 10.7. The summed E-state index contributed by atoms with van der Waals surface area (Å²) in [5, 5.41) is 2.73. The van der Waals surface area contributed by atoms with Crippen molar-refractivity contribution in [3.63, 3.8) is 0 Å². The van der Waals surface area contributed by atoms with E-state index in [2.05, 4.69) is 20.3 Å². The van der Waals surface area contributed by atoms with E-state index in [1.807, 2.05) is 0 Å². The first kappa shape index (κ1) is 29.9. The summed E-state index contributed by atoms with van der Waals surface area (Å²) in [5.41, 5.74) is 0.572. The number of nitrogens with one attached hydrogen (secondary N) is 1. The van der Waals surface area contributed by atoms with Crippen molar-refractivity contribution in [3.05, 3.63) is 12.7 Å². The Balaban J connectivity index is 2.05. The van der Waals surface area contributed by atoms with E-state index >= 15 is 0 Å². The largest absolute Gasteiger partial charge is 0.463 e. The minimum Gasteiger partial charge on any atom is -0.463 e. The van der Waals surface area contributed by atoms with Crippen LogP contribution in [-0.2, 0) is 38.1 Å². The number of imidazole rings is 1. The normalized spacial score (nSPS) is 21.1. The second kappa shape index (κ2) is 12.5. The van der Waals surface area contributed by atoms with Gasteiger partial charge in [-0.05, 0) is 0 Å². The van der Waals surface area contributed by atoms with Crippen LogP contribution in [0.2, 0.25) is 0 Å². The van der Waals surface area contributed by atoms with E-state index in [-0.39, 0.29) is 41.3 Å². The van der Waals surface area contributed by atoms with Gasteiger partial charge in [0.05, 0.1) is 24.1 Å². The predicted molar refractivity (Wildman–Crippen MR) is 138 cm³/mol. The van der Waals surface area contributed by atoms with Gasteiger partial charge in [0.25, 0.3) is 0 Å². The molecule has 0 unspecified atom stereocenters. The fourth-order valence-corrected chi connectivity index (χ4v) is 3.60. The molecule has 0 spiro atoms. The molecular formula is C26H37N5O8. The van der Waals surface area contributed by atoms with Gasteiger partial charge >= 0.3 is 17.9 Å². The Bertz CT molecular complexity index is 1210. The molecule has 214 valence electrons. The summed E-state index contributed by atoms with van der Waals surface area (Å²) in [6.45, 7) is 13.3. The van der Waals surface area contributed by atoms with E-state index in [0.717, 1.165) is 0 Å². The van der Waals surface area contributed by atoms with Crippen LogP contribution in [0.3, 0.4) is 0 Å². The summed E-state index contributed by atoms with van der Waals surface area (Å²) in [6.07, 6.45) is -1.54. The molecule has 0 bridgehead atoms. The van der Waals surface area contributed by atoms with E-state index in [4.69, 9.17) is 18.9 Å². The van der Waals surface area contributed by atoms with E-state index in [1.54, 1.807) is 55.4 Å². The van der Waals surface area contributed by atoms with Crippen LogP contribution in [0.5, 0.6) is 0 Å². The molecule has 4 atom stereocenters. The molecule has 0 aliphatic carbocycles. The summed E-state index contributed by atoms with van der Waals surface area (Å²) in [7, 11) is 0. The highest BCUT2D eigenvalue weighted by Crippen LogP contribution is 2.37. The molecular weight excluding hydrogens is 510 g/mol. The minimum absolute atomic E-state index is 0.205. The lowest BCUT2D eigenvalue weighted by Crippen LogP contribution is -2.42. The highest BCUT2D eigenvalue weighted by atomic mass is 16.7. The van der Waals surface area contributed by atoms with Crippen molar-refractivity contribution in [1.29, 1.82) is 0 Å². The van der Waals surface area contributed by atoms with Gasteiger partial charge in [-0.3, -0.25) is 23.7 Å². The smallest absolute Gasteiger partial charge is 0.308 e. The van der Waals surface area contributed by atoms with Crippen molar-refractivity contribution < 1.29 is 38.1 Å². The molecule has 39 heavy (non-hydrogen) atoms. The summed E-state index contributed by atoms with van der Waals surface area (Å²) in [5.74, 6) is -3.21.